The van der Waals surface area contributed by atoms with E-state index in [0.29, 0.717) is 37.3 Å². The van der Waals surface area contributed by atoms with E-state index in [0.717, 1.165) is 6.42 Å². The van der Waals surface area contributed by atoms with Crippen LogP contribution in [-0.4, -0.2) is 56.8 Å². The summed E-state index contributed by atoms with van der Waals surface area (Å²) in [4.78, 5) is 7.09. The van der Waals surface area contributed by atoms with Crippen molar-refractivity contribution in [1.29, 1.82) is 0 Å². The van der Waals surface area contributed by atoms with E-state index < -0.39 is 17.6 Å². The fraction of sp³-hybridized carbons (Fsp3) is 0.450. The van der Waals surface area contributed by atoms with Crippen LogP contribution in [0.4, 0.5) is 24.7 Å². The Bertz CT molecular complexity index is 841. The van der Waals surface area contributed by atoms with E-state index in [1.807, 2.05) is 37.9 Å². The van der Waals surface area contributed by atoms with E-state index in [4.69, 9.17) is 16.3 Å². The maximum Gasteiger partial charge on any atom is 0.214 e. The zero-order valence-electron chi connectivity index (χ0n) is 17.4. The highest BCUT2D eigenvalue weighted by molar-refractivity contribution is 8.00. The number of halogens is 4. The number of nitrogens with one attached hydrogen (secondary N) is 1. The van der Waals surface area contributed by atoms with Crippen LogP contribution in [0.5, 0.6) is 0 Å². The molecule has 1 fully saturated rings. The van der Waals surface area contributed by atoms with Crippen molar-refractivity contribution >= 4 is 35.1 Å². The molecule has 0 saturated carbocycles. The van der Waals surface area contributed by atoms with Crippen LogP contribution in [0.1, 0.15) is 13.3 Å². The third-order valence-corrected chi connectivity index (χ3v) is 5.21. The molecule has 3 rings (SSSR count). The number of aromatic nitrogens is 1. The number of hydrogen-bond donors (Lipinski definition) is 1. The van der Waals surface area contributed by atoms with Gasteiger partial charge in [0.25, 0.3) is 0 Å². The molecule has 166 valence electrons. The molecule has 1 aliphatic heterocycles. The number of benzene rings is 1. The molecular formula is C20H26ClF3N4OS. The minimum Gasteiger partial charge on any atom is -0.377 e. The summed E-state index contributed by atoms with van der Waals surface area (Å²) in [5.74, 6) is -2.16. The van der Waals surface area contributed by atoms with Crippen LogP contribution < -0.4 is 9.62 Å². The van der Waals surface area contributed by atoms with Gasteiger partial charge in [0.1, 0.15) is 21.6 Å². The second kappa shape index (κ2) is 11.6. The summed E-state index contributed by atoms with van der Waals surface area (Å²) in [5, 5.41) is -0.153. The van der Waals surface area contributed by atoms with Gasteiger partial charge in [-0.1, -0.05) is 17.7 Å². The van der Waals surface area contributed by atoms with Gasteiger partial charge in [-0.05, 0) is 58.6 Å². The van der Waals surface area contributed by atoms with Gasteiger partial charge < -0.3 is 19.3 Å². The molecule has 1 aromatic carbocycles. The zero-order valence-corrected chi connectivity index (χ0v) is 19.0. The highest BCUT2D eigenvalue weighted by Crippen LogP contribution is 2.38. The molecule has 0 amide bonds. The lowest BCUT2D eigenvalue weighted by Gasteiger charge is -2.21. The Hall–Kier alpha value is -1.68. The topological polar surface area (TPSA) is 40.6 Å². The van der Waals surface area contributed by atoms with Crippen molar-refractivity contribution in [2.75, 3.05) is 50.5 Å². The standard InChI is InChI=1S/C17H17ClF3N3OS.C3H9N/c1-2-25-10-6-7-24(9-10)12-8-11(19)17(16(21)15(12)18)26-23-14-5-3-4-13(20)22-14;1-4(2)3/h3-5,8,10H,2,6-7,9H2,1H3,(H,22,23);1-3H3. The van der Waals surface area contributed by atoms with Crippen LogP contribution in [-0.2, 0) is 4.74 Å². The number of hydrogen-bond acceptors (Lipinski definition) is 6. The van der Waals surface area contributed by atoms with Crippen molar-refractivity contribution in [3.63, 3.8) is 0 Å². The quantitative estimate of drug-likeness (QED) is 0.367. The molecule has 0 bridgehead atoms. The Morgan fingerprint density at radius 2 is 2.00 bits per heavy atom. The molecule has 5 nitrogen and oxygen atoms in total. The molecule has 2 aromatic rings. The van der Waals surface area contributed by atoms with Crippen molar-refractivity contribution in [2.45, 2.75) is 24.3 Å². The van der Waals surface area contributed by atoms with Crippen molar-refractivity contribution in [2.24, 2.45) is 0 Å². The number of pyridine rings is 1. The monoisotopic (exact) mass is 462 g/mol. The summed E-state index contributed by atoms with van der Waals surface area (Å²) in [5.41, 5.74) is 0.303. The molecule has 1 aliphatic rings. The normalized spacial score (nSPS) is 15.9. The molecule has 1 unspecified atom stereocenters. The highest BCUT2D eigenvalue weighted by Gasteiger charge is 2.28. The average Bonchev–Trinajstić information content (AvgIpc) is 3.13. The molecule has 30 heavy (non-hydrogen) atoms. The second-order valence-electron chi connectivity index (χ2n) is 7.04. The Kier molecular flexibility index (Phi) is 9.54. The molecule has 0 radical (unpaired) electrons. The summed E-state index contributed by atoms with van der Waals surface area (Å²) in [6.07, 6.45) is 0.799. The van der Waals surface area contributed by atoms with E-state index in [-0.39, 0.29) is 21.8 Å². The Labute approximate surface area is 184 Å². The number of rotatable bonds is 6. The third kappa shape index (κ3) is 6.94. The molecule has 1 atom stereocenters. The molecule has 1 N–H and O–H groups in total. The molecule has 1 saturated heterocycles. The van der Waals surface area contributed by atoms with Gasteiger partial charge in [-0.3, -0.25) is 0 Å². The predicted octanol–water partition coefficient (Wildman–Crippen LogP) is 5.06. The Balaban J connectivity index is 0.000000735. The van der Waals surface area contributed by atoms with E-state index >= 15 is 0 Å². The largest absolute Gasteiger partial charge is 0.377 e. The van der Waals surface area contributed by atoms with E-state index in [2.05, 4.69) is 9.71 Å². The molecule has 0 spiro atoms. The van der Waals surface area contributed by atoms with Crippen molar-refractivity contribution in [3.8, 4) is 0 Å². The van der Waals surface area contributed by atoms with Gasteiger partial charge in [-0.25, -0.2) is 13.8 Å². The number of ether oxygens (including phenoxy) is 1. The van der Waals surface area contributed by atoms with Crippen LogP contribution in [0.25, 0.3) is 0 Å². The van der Waals surface area contributed by atoms with Gasteiger partial charge in [-0.2, -0.15) is 4.39 Å². The Morgan fingerprint density at radius 1 is 1.30 bits per heavy atom. The summed E-state index contributed by atoms with van der Waals surface area (Å²) < 4.78 is 50.3. The number of nitrogens with zero attached hydrogens (tertiary/aromatic N) is 3. The first-order valence-electron chi connectivity index (χ1n) is 9.43. The van der Waals surface area contributed by atoms with E-state index in [1.54, 1.807) is 0 Å². The first-order valence-corrected chi connectivity index (χ1v) is 10.6. The lowest BCUT2D eigenvalue weighted by molar-refractivity contribution is 0.0787. The van der Waals surface area contributed by atoms with Gasteiger partial charge in [0.15, 0.2) is 5.82 Å². The molecule has 2 heterocycles. The van der Waals surface area contributed by atoms with Crippen LogP contribution >= 0.6 is 23.5 Å². The van der Waals surface area contributed by atoms with E-state index in [9.17, 15) is 13.2 Å². The number of anilines is 2. The predicted molar refractivity (Wildman–Crippen MR) is 117 cm³/mol. The van der Waals surface area contributed by atoms with Gasteiger partial charge >= 0.3 is 0 Å². The van der Waals surface area contributed by atoms with Gasteiger partial charge in [0.05, 0.1) is 11.8 Å². The van der Waals surface area contributed by atoms with Crippen molar-refractivity contribution < 1.29 is 17.9 Å². The summed E-state index contributed by atoms with van der Waals surface area (Å²) in [6.45, 7) is 3.64. The summed E-state index contributed by atoms with van der Waals surface area (Å²) in [7, 11) is 6.00. The fourth-order valence-electron chi connectivity index (χ4n) is 2.78. The van der Waals surface area contributed by atoms with E-state index in [1.165, 1.54) is 24.3 Å². The first-order chi connectivity index (χ1) is 14.2. The minimum absolute atomic E-state index is 0.0250. The smallest absolute Gasteiger partial charge is 0.214 e. The molecule has 1 aromatic heterocycles. The summed E-state index contributed by atoms with van der Waals surface area (Å²) >= 11 is 6.79. The minimum atomic E-state index is -0.865. The fourth-order valence-corrected chi connectivity index (χ4v) is 3.77. The van der Waals surface area contributed by atoms with Crippen LogP contribution in [0.15, 0.2) is 29.2 Å². The van der Waals surface area contributed by atoms with Crippen LogP contribution in [0.2, 0.25) is 5.02 Å². The molecular weight excluding hydrogens is 437 g/mol. The maximum absolute atomic E-state index is 14.6. The maximum atomic E-state index is 14.6. The van der Waals surface area contributed by atoms with Gasteiger partial charge in [-0.15, -0.1) is 0 Å². The highest BCUT2D eigenvalue weighted by atomic mass is 35.5. The van der Waals surface area contributed by atoms with Crippen LogP contribution in [0, 0.1) is 17.6 Å². The zero-order chi connectivity index (χ0) is 22.3. The lowest BCUT2D eigenvalue weighted by Crippen LogP contribution is -2.23. The third-order valence-electron chi connectivity index (χ3n) is 3.96. The molecule has 10 heteroatoms. The first kappa shape index (κ1) is 24.6. The Morgan fingerprint density at radius 3 is 2.63 bits per heavy atom. The van der Waals surface area contributed by atoms with Crippen LogP contribution in [0.3, 0.4) is 0 Å². The van der Waals surface area contributed by atoms with Crippen molar-refractivity contribution in [1.82, 2.24) is 9.88 Å². The second-order valence-corrected chi connectivity index (χ2v) is 8.23. The van der Waals surface area contributed by atoms with Gasteiger partial charge in [0, 0.05) is 25.8 Å². The average molecular weight is 463 g/mol. The molecule has 0 aliphatic carbocycles. The SMILES string of the molecule is CCOC1CCN(c2cc(F)c(SNc3cccc(F)n3)c(F)c2Cl)C1.CN(C)C. The lowest BCUT2D eigenvalue weighted by atomic mass is 10.2. The summed E-state index contributed by atoms with van der Waals surface area (Å²) in [6, 6.07) is 5.31. The van der Waals surface area contributed by atoms with Crippen molar-refractivity contribution in [3.05, 3.63) is 46.9 Å². The van der Waals surface area contributed by atoms with Gasteiger partial charge in [0.2, 0.25) is 5.95 Å².